The maximum Gasteiger partial charge on any atom is 0.251 e. The van der Waals surface area contributed by atoms with Gasteiger partial charge in [-0.25, -0.2) is 0 Å². The molecule has 118 valence electrons. The van der Waals surface area contributed by atoms with Crippen molar-refractivity contribution in [3.05, 3.63) is 53.9 Å². The molecule has 0 aliphatic rings. The molecule has 1 unspecified atom stereocenters. The van der Waals surface area contributed by atoms with E-state index in [1.165, 1.54) is 0 Å². The number of aromatic nitrogens is 2. The molecule has 1 heterocycles. The van der Waals surface area contributed by atoms with Gasteiger partial charge >= 0.3 is 0 Å². The van der Waals surface area contributed by atoms with Gasteiger partial charge in [0.05, 0.1) is 12.6 Å². The first kappa shape index (κ1) is 16.2. The van der Waals surface area contributed by atoms with Crippen molar-refractivity contribution in [3.8, 4) is 0 Å². The second-order valence-corrected chi connectivity index (χ2v) is 5.89. The third-order valence-corrected chi connectivity index (χ3v) is 3.36. The number of hydrogen-bond donors (Lipinski definition) is 2. The van der Waals surface area contributed by atoms with Gasteiger partial charge in [-0.1, -0.05) is 26.0 Å². The van der Waals surface area contributed by atoms with E-state index in [0.717, 1.165) is 5.56 Å². The third-order valence-electron chi connectivity index (χ3n) is 3.36. The number of benzene rings is 1. The van der Waals surface area contributed by atoms with Crippen LogP contribution in [0.3, 0.4) is 0 Å². The first-order valence-corrected chi connectivity index (χ1v) is 7.57. The average molecular weight is 301 g/mol. The predicted molar refractivity (Wildman–Crippen MR) is 85.6 cm³/mol. The Kier molecular flexibility index (Phi) is 5.72. The zero-order chi connectivity index (χ0) is 15.9. The number of carbonyl (C=O) groups is 1. The lowest BCUT2D eigenvalue weighted by Crippen LogP contribution is -2.32. The molecule has 0 aliphatic carbocycles. The highest BCUT2D eigenvalue weighted by Gasteiger charge is 2.10. The van der Waals surface area contributed by atoms with E-state index in [4.69, 9.17) is 0 Å². The summed E-state index contributed by atoms with van der Waals surface area (Å²) < 4.78 is 1.83. The molecule has 1 atom stereocenters. The molecule has 0 bridgehead atoms. The van der Waals surface area contributed by atoms with Crippen molar-refractivity contribution in [2.75, 3.05) is 6.54 Å². The lowest BCUT2D eigenvalue weighted by molar-refractivity contribution is 0.0900. The first-order valence-electron chi connectivity index (χ1n) is 7.57. The van der Waals surface area contributed by atoms with Gasteiger partial charge in [0.2, 0.25) is 0 Å². The predicted octanol–water partition coefficient (Wildman–Crippen LogP) is 2.07. The van der Waals surface area contributed by atoms with Gasteiger partial charge in [0.1, 0.15) is 0 Å². The summed E-state index contributed by atoms with van der Waals surface area (Å²) in [5, 5.41) is 16.7. The topological polar surface area (TPSA) is 67.2 Å². The number of nitrogens with one attached hydrogen (secondary N) is 1. The van der Waals surface area contributed by atoms with Crippen LogP contribution in [0.1, 0.15) is 36.2 Å². The Hall–Kier alpha value is -2.14. The van der Waals surface area contributed by atoms with Gasteiger partial charge in [-0.3, -0.25) is 9.48 Å². The molecule has 0 saturated carbocycles. The zero-order valence-electron chi connectivity index (χ0n) is 13.1. The summed E-state index contributed by atoms with van der Waals surface area (Å²) in [5.41, 5.74) is 1.68. The largest absolute Gasteiger partial charge is 0.391 e. The van der Waals surface area contributed by atoms with E-state index in [-0.39, 0.29) is 12.5 Å². The maximum atomic E-state index is 12.0. The van der Waals surface area contributed by atoms with Crippen LogP contribution in [0.15, 0.2) is 42.7 Å². The van der Waals surface area contributed by atoms with Crippen LogP contribution in [0, 0.1) is 5.92 Å². The van der Waals surface area contributed by atoms with Crippen LogP contribution in [-0.2, 0) is 6.54 Å². The summed E-state index contributed by atoms with van der Waals surface area (Å²) in [4.78, 5) is 12.0. The minimum Gasteiger partial charge on any atom is -0.391 e. The van der Waals surface area contributed by atoms with Gasteiger partial charge in [0.15, 0.2) is 0 Å². The molecule has 1 aromatic carbocycles. The quantitative estimate of drug-likeness (QED) is 0.822. The van der Waals surface area contributed by atoms with Gasteiger partial charge in [0.25, 0.3) is 5.91 Å². The minimum absolute atomic E-state index is 0.159. The Labute approximate surface area is 131 Å². The fourth-order valence-corrected chi connectivity index (χ4v) is 2.28. The molecule has 2 N–H and O–H groups in total. The normalized spacial score (nSPS) is 12.4. The molecule has 0 aliphatic heterocycles. The van der Waals surface area contributed by atoms with Crippen LogP contribution in [0.5, 0.6) is 0 Å². The molecule has 0 spiro atoms. The molecule has 5 nitrogen and oxygen atoms in total. The van der Waals surface area contributed by atoms with Crippen LogP contribution in [-0.4, -0.2) is 33.4 Å². The van der Waals surface area contributed by atoms with Crippen molar-refractivity contribution in [2.45, 2.75) is 32.9 Å². The van der Waals surface area contributed by atoms with E-state index in [2.05, 4.69) is 10.4 Å². The molecule has 0 fully saturated rings. The Morgan fingerprint density at radius 3 is 2.64 bits per heavy atom. The molecule has 22 heavy (non-hydrogen) atoms. The highest BCUT2D eigenvalue weighted by Crippen LogP contribution is 2.07. The molecule has 1 amide bonds. The SMILES string of the molecule is CC(C)CC(O)CNC(=O)c1ccc(Cn2cccn2)cc1. The Balaban J connectivity index is 1.85. The van der Waals surface area contributed by atoms with Crippen LogP contribution in [0.4, 0.5) is 0 Å². The lowest BCUT2D eigenvalue weighted by atomic mass is 10.1. The molecule has 1 aromatic heterocycles. The number of amides is 1. The lowest BCUT2D eigenvalue weighted by Gasteiger charge is -2.14. The molecule has 5 heteroatoms. The zero-order valence-corrected chi connectivity index (χ0v) is 13.1. The summed E-state index contributed by atoms with van der Waals surface area (Å²) in [6.45, 7) is 5.06. The summed E-state index contributed by atoms with van der Waals surface area (Å²) in [6, 6.07) is 9.30. The van der Waals surface area contributed by atoms with E-state index in [1.807, 2.05) is 42.9 Å². The number of nitrogens with zero attached hydrogens (tertiary/aromatic N) is 2. The number of rotatable bonds is 7. The van der Waals surface area contributed by atoms with E-state index >= 15 is 0 Å². The van der Waals surface area contributed by atoms with Crippen LogP contribution >= 0.6 is 0 Å². The fourth-order valence-electron chi connectivity index (χ4n) is 2.28. The van der Waals surface area contributed by atoms with Gasteiger partial charge in [-0.15, -0.1) is 0 Å². The van der Waals surface area contributed by atoms with Crippen molar-refractivity contribution >= 4 is 5.91 Å². The Morgan fingerprint density at radius 2 is 2.05 bits per heavy atom. The van der Waals surface area contributed by atoms with Gasteiger partial charge in [-0.05, 0) is 36.1 Å². The molecule has 0 radical (unpaired) electrons. The van der Waals surface area contributed by atoms with Gasteiger partial charge in [0, 0.05) is 24.5 Å². The van der Waals surface area contributed by atoms with Gasteiger partial charge in [-0.2, -0.15) is 5.10 Å². The molecular weight excluding hydrogens is 278 g/mol. The number of hydrogen-bond acceptors (Lipinski definition) is 3. The number of aliphatic hydroxyl groups excluding tert-OH is 1. The van der Waals surface area contributed by atoms with Crippen molar-refractivity contribution in [2.24, 2.45) is 5.92 Å². The first-order chi connectivity index (χ1) is 10.5. The van der Waals surface area contributed by atoms with Crippen molar-refractivity contribution in [1.29, 1.82) is 0 Å². The van der Waals surface area contributed by atoms with Crippen LogP contribution in [0.25, 0.3) is 0 Å². The fraction of sp³-hybridized carbons (Fsp3) is 0.412. The van der Waals surface area contributed by atoms with E-state index in [1.54, 1.807) is 18.3 Å². The maximum absolute atomic E-state index is 12.0. The minimum atomic E-state index is -0.497. The Bertz CT molecular complexity index is 576. The number of carbonyl (C=O) groups excluding carboxylic acids is 1. The van der Waals surface area contributed by atoms with Crippen molar-refractivity contribution < 1.29 is 9.90 Å². The third kappa shape index (κ3) is 5.00. The van der Waals surface area contributed by atoms with Crippen molar-refractivity contribution in [3.63, 3.8) is 0 Å². The molecule has 0 saturated heterocycles. The van der Waals surface area contributed by atoms with Crippen LogP contribution in [0.2, 0.25) is 0 Å². The summed E-state index contributed by atoms with van der Waals surface area (Å²) >= 11 is 0. The second-order valence-electron chi connectivity index (χ2n) is 5.89. The smallest absolute Gasteiger partial charge is 0.251 e. The van der Waals surface area contributed by atoms with Crippen LogP contribution < -0.4 is 5.32 Å². The number of aliphatic hydroxyl groups is 1. The molecule has 2 aromatic rings. The van der Waals surface area contributed by atoms with E-state index in [0.29, 0.717) is 24.4 Å². The second kappa shape index (κ2) is 7.75. The highest BCUT2D eigenvalue weighted by molar-refractivity contribution is 5.94. The monoisotopic (exact) mass is 301 g/mol. The van der Waals surface area contributed by atoms with Crippen molar-refractivity contribution in [1.82, 2.24) is 15.1 Å². The summed E-state index contributed by atoms with van der Waals surface area (Å²) in [6.07, 6.45) is 3.83. The van der Waals surface area contributed by atoms with Gasteiger partial charge < -0.3 is 10.4 Å². The summed E-state index contributed by atoms with van der Waals surface area (Å²) in [5.74, 6) is 0.252. The standard InChI is InChI=1S/C17H23N3O2/c1-13(2)10-16(21)11-18-17(22)15-6-4-14(5-7-15)12-20-9-3-8-19-20/h3-9,13,16,21H,10-12H2,1-2H3,(H,18,22). The van der Waals surface area contributed by atoms with E-state index in [9.17, 15) is 9.90 Å². The van der Waals surface area contributed by atoms with E-state index < -0.39 is 6.10 Å². The molecular formula is C17H23N3O2. The average Bonchev–Trinajstić information content (AvgIpc) is 2.98. The summed E-state index contributed by atoms with van der Waals surface area (Å²) in [7, 11) is 0. The highest BCUT2D eigenvalue weighted by atomic mass is 16.3. The molecule has 2 rings (SSSR count). The Morgan fingerprint density at radius 1 is 1.32 bits per heavy atom.